The maximum absolute atomic E-state index is 4.46. The lowest BCUT2D eigenvalue weighted by Gasteiger charge is -2.27. The fourth-order valence-corrected chi connectivity index (χ4v) is 2.38. The van der Waals surface area contributed by atoms with E-state index in [1.165, 1.54) is 6.42 Å². The van der Waals surface area contributed by atoms with Gasteiger partial charge in [0.15, 0.2) is 0 Å². The first-order valence-corrected chi connectivity index (χ1v) is 5.12. The average molecular weight is 190 g/mol. The van der Waals surface area contributed by atoms with Crippen molar-refractivity contribution in [3.05, 3.63) is 18.0 Å². The second-order valence-electron chi connectivity index (χ2n) is 4.15. The molecule has 14 heavy (non-hydrogen) atoms. The summed E-state index contributed by atoms with van der Waals surface area (Å²) < 4.78 is 0. The quantitative estimate of drug-likeness (QED) is 0.693. The van der Waals surface area contributed by atoms with Crippen molar-refractivity contribution in [2.24, 2.45) is 0 Å². The van der Waals surface area contributed by atoms with E-state index in [0.29, 0.717) is 12.1 Å². The van der Waals surface area contributed by atoms with Gasteiger partial charge in [0.05, 0.1) is 0 Å². The van der Waals surface area contributed by atoms with Gasteiger partial charge in [-0.1, -0.05) is 0 Å². The summed E-state index contributed by atoms with van der Waals surface area (Å²) in [5.74, 6) is 0.902. The summed E-state index contributed by atoms with van der Waals surface area (Å²) >= 11 is 0. The Morgan fingerprint density at radius 3 is 3.14 bits per heavy atom. The standard InChI is InChI=1S/C10H14N4/c1-7-2-3-11-10(13-7)14-6-8-4-9(14)5-12-8/h2-3,8-9,12H,4-6H2,1H3. The molecule has 0 aliphatic carbocycles. The van der Waals surface area contributed by atoms with E-state index in [2.05, 4.69) is 20.2 Å². The molecule has 2 fully saturated rings. The molecule has 74 valence electrons. The van der Waals surface area contributed by atoms with Gasteiger partial charge in [0.25, 0.3) is 0 Å². The van der Waals surface area contributed by atoms with Crippen LogP contribution in [0.4, 0.5) is 5.95 Å². The predicted octanol–water partition coefficient (Wildman–Crippen LogP) is 0.336. The molecule has 0 aromatic carbocycles. The number of piperazine rings is 1. The summed E-state index contributed by atoms with van der Waals surface area (Å²) in [5, 5.41) is 3.47. The molecule has 2 aliphatic rings. The molecule has 2 atom stereocenters. The van der Waals surface area contributed by atoms with Crippen LogP contribution in [-0.4, -0.2) is 35.1 Å². The van der Waals surface area contributed by atoms with E-state index in [1.807, 2.05) is 19.2 Å². The summed E-state index contributed by atoms with van der Waals surface area (Å²) in [4.78, 5) is 11.1. The maximum Gasteiger partial charge on any atom is 0.225 e. The zero-order valence-electron chi connectivity index (χ0n) is 8.27. The van der Waals surface area contributed by atoms with Crippen LogP contribution in [0.25, 0.3) is 0 Å². The third-order valence-electron chi connectivity index (χ3n) is 3.10. The van der Waals surface area contributed by atoms with E-state index in [-0.39, 0.29) is 0 Å². The minimum absolute atomic E-state index is 0.613. The van der Waals surface area contributed by atoms with Gasteiger partial charge in [-0.2, -0.15) is 0 Å². The number of fused-ring (bicyclic) bond motifs is 2. The summed E-state index contributed by atoms with van der Waals surface area (Å²) in [6.45, 7) is 4.16. The number of hydrogen-bond donors (Lipinski definition) is 1. The molecule has 0 amide bonds. The Bertz CT molecular complexity index is 352. The zero-order valence-corrected chi connectivity index (χ0v) is 8.27. The number of rotatable bonds is 1. The molecule has 2 aliphatic heterocycles. The number of aromatic nitrogens is 2. The van der Waals surface area contributed by atoms with E-state index in [4.69, 9.17) is 0 Å². The third-order valence-corrected chi connectivity index (χ3v) is 3.10. The Balaban J connectivity index is 1.89. The Morgan fingerprint density at radius 1 is 1.57 bits per heavy atom. The lowest BCUT2D eigenvalue weighted by Crippen LogP contribution is -2.44. The number of nitrogens with zero attached hydrogens (tertiary/aromatic N) is 3. The van der Waals surface area contributed by atoms with Crippen LogP contribution in [0.1, 0.15) is 12.1 Å². The lowest BCUT2D eigenvalue weighted by molar-refractivity contribution is 0.571. The minimum atomic E-state index is 0.613. The molecule has 1 aromatic heterocycles. The second kappa shape index (κ2) is 2.92. The fourth-order valence-electron chi connectivity index (χ4n) is 2.38. The molecule has 2 bridgehead atoms. The SMILES string of the molecule is Cc1ccnc(N2CC3CC2CN3)n1. The van der Waals surface area contributed by atoms with Crippen LogP contribution in [-0.2, 0) is 0 Å². The molecule has 2 saturated heterocycles. The van der Waals surface area contributed by atoms with Gasteiger partial charge < -0.3 is 10.2 Å². The topological polar surface area (TPSA) is 41.1 Å². The van der Waals surface area contributed by atoms with Crippen molar-refractivity contribution in [2.75, 3.05) is 18.0 Å². The van der Waals surface area contributed by atoms with E-state index >= 15 is 0 Å². The van der Waals surface area contributed by atoms with E-state index in [1.54, 1.807) is 0 Å². The van der Waals surface area contributed by atoms with Gasteiger partial charge >= 0.3 is 0 Å². The zero-order chi connectivity index (χ0) is 9.54. The Kier molecular flexibility index (Phi) is 1.70. The molecule has 0 saturated carbocycles. The monoisotopic (exact) mass is 190 g/mol. The Hall–Kier alpha value is -1.16. The van der Waals surface area contributed by atoms with Crippen LogP contribution >= 0.6 is 0 Å². The van der Waals surface area contributed by atoms with Crippen LogP contribution in [0.15, 0.2) is 12.3 Å². The molecule has 1 N–H and O–H groups in total. The van der Waals surface area contributed by atoms with E-state index < -0.39 is 0 Å². The van der Waals surface area contributed by atoms with Crippen LogP contribution in [0, 0.1) is 6.92 Å². The summed E-state index contributed by atoms with van der Waals surface area (Å²) in [6, 6.07) is 3.21. The van der Waals surface area contributed by atoms with E-state index in [9.17, 15) is 0 Å². The van der Waals surface area contributed by atoms with Crippen molar-refractivity contribution in [3.8, 4) is 0 Å². The molecular weight excluding hydrogens is 176 g/mol. The molecule has 1 aromatic rings. The maximum atomic E-state index is 4.46. The number of hydrogen-bond acceptors (Lipinski definition) is 4. The van der Waals surface area contributed by atoms with Crippen molar-refractivity contribution in [1.82, 2.24) is 15.3 Å². The number of aryl methyl sites for hydroxylation is 1. The fraction of sp³-hybridized carbons (Fsp3) is 0.600. The smallest absolute Gasteiger partial charge is 0.225 e. The van der Waals surface area contributed by atoms with Crippen LogP contribution in [0.3, 0.4) is 0 Å². The highest BCUT2D eigenvalue weighted by Crippen LogP contribution is 2.26. The first-order chi connectivity index (χ1) is 6.83. The van der Waals surface area contributed by atoms with Gasteiger partial charge in [0.1, 0.15) is 0 Å². The first kappa shape index (κ1) is 8.17. The van der Waals surface area contributed by atoms with Crippen molar-refractivity contribution in [3.63, 3.8) is 0 Å². The molecule has 0 radical (unpaired) electrons. The molecule has 4 heteroatoms. The summed E-state index contributed by atoms with van der Waals surface area (Å²) in [6.07, 6.45) is 3.09. The molecule has 2 unspecified atom stereocenters. The third kappa shape index (κ3) is 1.18. The van der Waals surface area contributed by atoms with Gasteiger partial charge in [-0.15, -0.1) is 0 Å². The Morgan fingerprint density at radius 2 is 2.50 bits per heavy atom. The summed E-state index contributed by atoms with van der Waals surface area (Å²) in [7, 11) is 0. The van der Waals surface area contributed by atoms with Gasteiger partial charge in [0, 0.05) is 37.1 Å². The average Bonchev–Trinajstić information content (AvgIpc) is 2.78. The van der Waals surface area contributed by atoms with Crippen molar-refractivity contribution < 1.29 is 0 Å². The molecule has 3 rings (SSSR count). The van der Waals surface area contributed by atoms with Crippen molar-refractivity contribution in [1.29, 1.82) is 0 Å². The van der Waals surface area contributed by atoms with Crippen LogP contribution < -0.4 is 10.2 Å². The van der Waals surface area contributed by atoms with Gasteiger partial charge in [-0.3, -0.25) is 0 Å². The van der Waals surface area contributed by atoms with Gasteiger partial charge in [-0.05, 0) is 19.4 Å². The molecule has 4 nitrogen and oxygen atoms in total. The molecule has 3 heterocycles. The normalized spacial score (nSPS) is 29.9. The highest BCUT2D eigenvalue weighted by molar-refractivity contribution is 5.36. The highest BCUT2D eigenvalue weighted by atomic mass is 15.3. The number of nitrogens with one attached hydrogen (secondary N) is 1. The van der Waals surface area contributed by atoms with E-state index in [0.717, 1.165) is 24.7 Å². The molecule has 0 spiro atoms. The minimum Gasteiger partial charge on any atom is -0.335 e. The van der Waals surface area contributed by atoms with Crippen LogP contribution in [0.2, 0.25) is 0 Å². The summed E-state index contributed by atoms with van der Waals surface area (Å²) in [5.41, 5.74) is 1.05. The van der Waals surface area contributed by atoms with Crippen LogP contribution in [0.5, 0.6) is 0 Å². The van der Waals surface area contributed by atoms with Gasteiger partial charge in [0.2, 0.25) is 5.95 Å². The highest BCUT2D eigenvalue weighted by Gasteiger charge is 2.38. The van der Waals surface area contributed by atoms with Crippen molar-refractivity contribution >= 4 is 5.95 Å². The predicted molar refractivity (Wildman–Crippen MR) is 54.3 cm³/mol. The van der Waals surface area contributed by atoms with Crippen molar-refractivity contribution in [2.45, 2.75) is 25.4 Å². The first-order valence-electron chi connectivity index (χ1n) is 5.12. The largest absolute Gasteiger partial charge is 0.335 e. The molecular formula is C10H14N4. The lowest BCUT2D eigenvalue weighted by atomic mass is 10.2. The second-order valence-corrected chi connectivity index (χ2v) is 4.15. The Labute approximate surface area is 83.4 Å². The van der Waals surface area contributed by atoms with Gasteiger partial charge in [-0.25, -0.2) is 9.97 Å². The number of anilines is 1.